The molecule has 0 N–H and O–H groups in total. The standard InChI is InChI=1S/C15H22N2O3S2/c1-12(2)22(18,19)17-10-15(11-17)6-14(9-21-15)20-8-13-4-3-5-16-7-13/h3-5,7,12,14H,6,8-11H2,1-2H3. The van der Waals surface area contributed by atoms with Crippen LogP contribution in [-0.2, 0) is 21.4 Å². The lowest BCUT2D eigenvalue weighted by atomic mass is 9.95. The topological polar surface area (TPSA) is 59.5 Å². The Morgan fingerprint density at radius 3 is 2.91 bits per heavy atom. The molecule has 0 saturated carbocycles. The maximum atomic E-state index is 12.1. The molecular weight excluding hydrogens is 320 g/mol. The fourth-order valence-corrected chi connectivity index (χ4v) is 6.07. The van der Waals surface area contributed by atoms with Crippen LogP contribution >= 0.6 is 11.8 Å². The molecule has 2 saturated heterocycles. The number of thioether (sulfide) groups is 1. The van der Waals surface area contributed by atoms with Crippen molar-refractivity contribution in [3.63, 3.8) is 0 Å². The van der Waals surface area contributed by atoms with Crippen LogP contribution in [0.25, 0.3) is 0 Å². The second kappa shape index (κ2) is 6.11. The van der Waals surface area contributed by atoms with Crippen molar-refractivity contribution in [2.45, 2.75) is 43.0 Å². The molecule has 1 spiro atoms. The molecule has 1 atom stereocenters. The lowest BCUT2D eigenvalue weighted by molar-refractivity contribution is 0.0395. The van der Waals surface area contributed by atoms with Gasteiger partial charge in [0.25, 0.3) is 0 Å². The smallest absolute Gasteiger partial charge is 0.216 e. The second-order valence-electron chi connectivity index (χ2n) is 6.35. The molecule has 1 aromatic heterocycles. The van der Waals surface area contributed by atoms with Gasteiger partial charge in [-0.05, 0) is 31.9 Å². The lowest BCUT2D eigenvalue weighted by Crippen LogP contribution is -2.61. The number of aromatic nitrogens is 1. The Kier molecular flexibility index (Phi) is 4.51. The van der Waals surface area contributed by atoms with Gasteiger partial charge in [0.1, 0.15) is 0 Å². The molecule has 0 radical (unpaired) electrons. The van der Waals surface area contributed by atoms with Crippen molar-refractivity contribution in [3.05, 3.63) is 30.1 Å². The van der Waals surface area contributed by atoms with E-state index in [1.54, 1.807) is 24.3 Å². The normalized spacial score (nSPS) is 24.8. The third kappa shape index (κ3) is 3.18. The van der Waals surface area contributed by atoms with E-state index in [1.807, 2.05) is 30.1 Å². The molecule has 0 bridgehead atoms. The SMILES string of the molecule is CC(C)S(=O)(=O)N1CC2(CC(OCc3cccnc3)CS2)C1. The van der Waals surface area contributed by atoms with E-state index in [2.05, 4.69) is 4.98 Å². The van der Waals surface area contributed by atoms with E-state index in [0.717, 1.165) is 17.7 Å². The number of sulfonamides is 1. The maximum Gasteiger partial charge on any atom is 0.216 e. The number of pyridine rings is 1. The molecule has 2 fully saturated rings. The van der Waals surface area contributed by atoms with Gasteiger partial charge in [-0.2, -0.15) is 4.31 Å². The van der Waals surface area contributed by atoms with Gasteiger partial charge in [-0.15, -0.1) is 11.8 Å². The molecule has 3 rings (SSSR count). The van der Waals surface area contributed by atoms with Crippen molar-refractivity contribution in [2.24, 2.45) is 0 Å². The molecule has 7 heteroatoms. The van der Waals surface area contributed by atoms with E-state index in [4.69, 9.17) is 4.74 Å². The highest BCUT2D eigenvalue weighted by Crippen LogP contribution is 2.47. The highest BCUT2D eigenvalue weighted by Gasteiger charge is 2.53. The summed E-state index contributed by atoms with van der Waals surface area (Å²) < 4.78 is 31.9. The third-order valence-electron chi connectivity index (χ3n) is 4.27. The van der Waals surface area contributed by atoms with Crippen LogP contribution in [0.3, 0.4) is 0 Å². The highest BCUT2D eigenvalue weighted by molar-refractivity contribution is 8.01. The number of hydrogen-bond donors (Lipinski definition) is 0. The number of hydrogen-bond acceptors (Lipinski definition) is 5. The molecular formula is C15H22N2O3S2. The van der Waals surface area contributed by atoms with Crippen LogP contribution in [0, 0.1) is 0 Å². The predicted molar refractivity (Wildman–Crippen MR) is 88.2 cm³/mol. The zero-order valence-corrected chi connectivity index (χ0v) is 14.6. The Morgan fingerprint density at radius 2 is 2.27 bits per heavy atom. The summed E-state index contributed by atoms with van der Waals surface area (Å²) in [5.74, 6) is 0.940. The van der Waals surface area contributed by atoms with Gasteiger partial charge in [0.05, 0.1) is 18.0 Å². The van der Waals surface area contributed by atoms with Crippen molar-refractivity contribution in [1.82, 2.24) is 9.29 Å². The number of nitrogens with zero attached hydrogens (tertiary/aromatic N) is 2. The van der Waals surface area contributed by atoms with Crippen LogP contribution < -0.4 is 0 Å². The van der Waals surface area contributed by atoms with E-state index in [0.29, 0.717) is 19.7 Å². The molecule has 2 aliphatic rings. The molecule has 0 amide bonds. The minimum Gasteiger partial charge on any atom is -0.373 e. The summed E-state index contributed by atoms with van der Waals surface area (Å²) in [6.07, 6.45) is 4.71. The van der Waals surface area contributed by atoms with Crippen LogP contribution in [0.1, 0.15) is 25.8 Å². The van der Waals surface area contributed by atoms with Crippen LogP contribution in [0.2, 0.25) is 0 Å². The first-order valence-corrected chi connectivity index (χ1v) is 10.0. The van der Waals surface area contributed by atoms with E-state index in [-0.39, 0.29) is 16.1 Å². The van der Waals surface area contributed by atoms with Gasteiger partial charge in [-0.25, -0.2) is 8.42 Å². The summed E-state index contributed by atoms with van der Waals surface area (Å²) in [6, 6.07) is 3.91. The minimum absolute atomic E-state index is 0.0710. The Morgan fingerprint density at radius 1 is 1.50 bits per heavy atom. The molecule has 5 nitrogen and oxygen atoms in total. The molecule has 1 unspecified atom stereocenters. The molecule has 3 heterocycles. The van der Waals surface area contributed by atoms with Gasteiger partial charge in [0, 0.05) is 36.0 Å². The van der Waals surface area contributed by atoms with Gasteiger partial charge in [0.2, 0.25) is 10.0 Å². The van der Waals surface area contributed by atoms with E-state index < -0.39 is 10.0 Å². The molecule has 0 aliphatic carbocycles. The Balaban J connectivity index is 1.50. The summed E-state index contributed by atoms with van der Waals surface area (Å²) in [7, 11) is -3.11. The van der Waals surface area contributed by atoms with Gasteiger partial charge in [-0.3, -0.25) is 4.98 Å². The van der Waals surface area contributed by atoms with Crippen LogP contribution in [-0.4, -0.2) is 52.7 Å². The Bertz CT molecular complexity index is 613. The average Bonchev–Trinajstić information content (AvgIpc) is 2.89. The van der Waals surface area contributed by atoms with Crippen molar-refractivity contribution in [2.75, 3.05) is 18.8 Å². The summed E-state index contributed by atoms with van der Waals surface area (Å²) in [6.45, 7) is 5.31. The van der Waals surface area contributed by atoms with Gasteiger partial charge in [0.15, 0.2) is 0 Å². The quantitative estimate of drug-likeness (QED) is 0.818. The zero-order valence-electron chi connectivity index (χ0n) is 12.9. The van der Waals surface area contributed by atoms with E-state index in [9.17, 15) is 8.42 Å². The monoisotopic (exact) mass is 342 g/mol. The summed E-state index contributed by atoms with van der Waals surface area (Å²) in [4.78, 5) is 4.08. The predicted octanol–water partition coefficient (Wildman–Crippen LogP) is 1.90. The highest BCUT2D eigenvalue weighted by atomic mass is 32.2. The van der Waals surface area contributed by atoms with Crippen LogP contribution in [0.15, 0.2) is 24.5 Å². The average molecular weight is 342 g/mol. The lowest BCUT2D eigenvalue weighted by Gasteiger charge is -2.47. The van der Waals surface area contributed by atoms with Crippen LogP contribution in [0.5, 0.6) is 0 Å². The Labute approximate surface area is 136 Å². The molecule has 2 aliphatic heterocycles. The summed E-state index contributed by atoms with van der Waals surface area (Å²) in [5, 5.41) is -0.339. The molecule has 122 valence electrons. The van der Waals surface area contributed by atoms with Crippen LogP contribution in [0.4, 0.5) is 0 Å². The fraction of sp³-hybridized carbons (Fsp3) is 0.667. The van der Waals surface area contributed by atoms with Crippen molar-refractivity contribution in [3.8, 4) is 0 Å². The maximum absolute atomic E-state index is 12.1. The minimum atomic E-state index is -3.11. The van der Waals surface area contributed by atoms with Gasteiger partial charge < -0.3 is 4.74 Å². The second-order valence-corrected chi connectivity index (χ2v) is 10.3. The Hall–Kier alpha value is -0.630. The molecule has 22 heavy (non-hydrogen) atoms. The number of rotatable bonds is 5. The van der Waals surface area contributed by atoms with Crippen molar-refractivity contribution in [1.29, 1.82) is 0 Å². The van der Waals surface area contributed by atoms with E-state index >= 15 is 0 Å². The summed E-state index contributed by atoms with van der Waals surface area (Å²) >= 11 is 1.86. The van der Waals surface area contributed by atoms with Gasteiger partial charge >= 0.3 is 0 Å². The van der Waals surface area contributed by atoms with Crippen molar-refractivity contribution >= 4 is 21.8 Å². The third-order valence-corrected chi connectivity index (χ3v) is 8.01. The van der Waals surface area contributed by atoms with Gasteiger partial charge in [-0.1, -0.05) is 6.07 Å². The first-order chi connectivity index (χ1) is 10.4. The molecule has 0 aromatic carbocycles. The number of ether oxygens (including phenoxy) is 1. The summed E-state index contributed by atoms with van der Waals surface area (Å²) in [5.41, 5.74) is 1.08. The van der Waals surface area contributed by atoms with E-state index in [1.165, 1.54) is 0 Å². The van der Waals surface area contributed by atoms with Crippen molar-refractivity contribution < 1.29 is 13.2 Å². The first kappa shape index (κ1) is 16.2. The first-order valence-electron chi connectivity index (χ1n) is 7.55. The zero-order chi connectivity index (χ0) is 15.8. The largest absolute Gasteiger partial charge is 0.373 e. The molecule has 1 aromatic rings. The fourth-order valence-electron chi connectivity index (χ4n) is 2.90.